The fourth-order valence-corrected chi connectivity index (χ4v) is 2.20. The van der Waals surface area contributed by atoms with E-state index >= 15 is 0 Å². The van der Waals surface area contributed by atoms with Crippen LogP contribution in [0.2, 0.25) is 10.0 Å². The van der Waals surface area contributed by atoms with E-state index in [0.29, 0.717) is 28.4 Å². The molecule has 2 N–H and O–H groups in total. The van der Waals surface area contributed by atoms with Crippen LogP contribution >= 0.6 is 23.2 Å². The highest BCUT2D eigenvalue weighted by molar-refractivity contribution is 6.35. The summed E-state index contributed by atoms with van der Waals surface area (Å²) in [6.45, 7) is 6.32. The molecule has 0 spiro atoms. The normalized spacial score (nSPS) is 12.3. The molecular weight excluding hydrogens is 299 g/mol. The number of carbonyl (C=O) groups is 1. The summed E-state index contributed by atoms with van der Waals surface area (Å²) in [6, 6.07) is 3.71. The molecule has 1 rings (SSSR count). The molecule has 0 fully saturated rings. The molecule has 1 aromatic rings. The first kappa shape index (κ1) is 17.1. The van der Waals surface area contributed by atoms with Gasteiger partial charge in [0, 0.05) is 30.2 Å². The Bertz CT molecular complexity index is 478. The molecule has 0 saturated heterocycles. The van der Waals surface area contributed by atoms with E-state index in [1.54, 1.807) is 26.1 Å². The van der Waals surface area contributed by atoms with Gasteiger partial charge in [-0.05, 0) is 19.1 Å². The third-order valence-corrected chi connectivity index (χ3v) is 3.20. The number of hydrogen-bond acceptors (Lipinski definition) is 3. The second-order valence-electron chi connectivity index (χ2n) is 4.79. The summed E-state index contributed by atoms with van der Waals surface area (Å²) in [5.41, 5.74) is 0.826. The van der Waals surface area contributed by atoms with Crippen LogP contribution in [0.1, 0.15) is 26.3 Å². The standard InChI is InChI=1S/C14H20Cl2N2O2/c1-8(2)18-7-10-5-11(15)6-12(16)13(10)20-9(3)14(19)17-4/h5-6,8-9,18H,7H2,1-4H3,(H,17,19). The van der Waals surface area contributed by atoms with E-state index in [0.717, 1.165) is 5.56 Å². The Morgan fingerprint density at radius 1 is 1.30 bits per heavy atom. The highest BCUT2D eigenvalue weighted by Crippen LogP contribution is 2.33. The Morgan fingerprint density at radius 3 is 2.50 bits per heavy atom. The molecule has 0 radical (unpaired) electrons. The smallest absolute Gasteiger partial charge is 0.260 e. The van der Waals surface area contributed by atoms with Gasteiger partial charge in [0.15, 0.2) is 6.10 Å². The van der Waals surface area contributed by atoms with Crippen molar-refractivity contribution < 1.29 is 9.53 Å². The van der Waals surface area contributed by atoms with Crippen LogP contribution in [-0.2, 0) is 11.3 Å². The van der Waals surface area contributed by atoms with E-state index in [1.807, 2.05) is 13.8 Å². The van der Waals surface area contributed by atoms with Crippen LogP contribution in [0.15, 0.2) is 12.1 Å². The van der Waals surface area contributed by atoms with Gasteiger partial charge >= 0.3 is 0 Å². The Hall–Kier alpha value is -0.970. The largest absolute Gasteiger partial charge is 0.479 e. The van der Waals surface area contributed by atoms with E-state index in [9.17, 15) is 4.79 Å². The number of ether oxygens (including phenoxy) is 1. The molecule has 1 atom stereocenters. The fraction of sp³-hybridized carbons (Fsp3) is 0.500. The molecule has 4 nitrogen and oxygen atoms in total. The van der Waals surface area contributed by atoms with Crippen LogP contribution in [0.3, 0.4) is 0 Å². The minimum absolute atomic E-state index is 0.209. The minimum atomic E-state index is -0.628. The lowest BCUT2D eigenvalue weighted by molar-refractivity contribution is -0.126. The number of rotatable bonds is 6. The molecule has 1 unspecified atom stereocenters. The quantitative estimate of drug-likeness (QED) is 0.847. The summed E-state index contributed by atoms with van der Waals surface area (Å²) >= 11 is 12.2. The second-order valence-corrected chi connectivity index (χ2v) is 5.63. The zero-order chi connectivity index (χ0) is 15.3. The van der Waals surface area contributed by atoms with Crippen LogP contribution < -0.4 is 15.4 Å². The zero-order valence-electron chi connectivity index (χ0n) is 12.1. The predicted molar refractivity (Wildman–Crippen MR) is 82.6 cm³/mol. The summed E-state index contributed by atoms with van der Waals surface area (Å²) in [5, 5.41) is 6.75. The lowest BCUT2D eigenvalue weighted by Crippen LogP contribution is -2.34. The summed E-state index contributed by atoms with van der Waals surface area (Å²) in [4.78, 5) is 11.6. The first-order valence-electron chi connectivity index (χ1n) is 6.44. The lowest BCUT2D eigenvalue weighted by atomic mass is 10.2. The van der Waals surface area contributed by atoms with Gasteiger partial charge in [0.25, 0.3) is 5.91 Å². The van der Waals surface area contributed by atoms with Gasteiger partial charge in [-0.25, -0.2) is 0 Å². The molecule has 0 aliphatic rings. The second kappa shape index (κ2) is 7.72. The van der Waals surface area contributed by atoms with Gasteiger partial charge in [0.2, 0.25) is 0 Å². The Labute approximate surface area is 129 Å². The van der Waals surface area contributed by atoms with Crippen molar-refractivity contribution in [1.29, 1.82) is 0 Å². The lowest BCUT2D eigenvalue weighted by Gasteiger charge is -2.19. The molecular formula is C14H20Cl2N2O2. The summed E-state index contributed by atoms with van der Waals surface area (Å²) in [7, 11) is 1.56. The number of halogens is 2. The third kappa shape index (κ3) is 4.85. The van der Waals surface area contributed by atoms with Gasteiger partial charge in [0.1, 0.15) is 5.75 Å². The molecule has 1 amide bonds. The van der Waals surface area contributed by atoms with Crippen molar-refractivity contribution >= 4 is 29.1 Å². The van der Waals surface area contributed by atoms with Crippen molar-refractivity contribution in [2.45, 2.75) is 39.5 Å². The molecule has 112 valence electrons. The minimum Gasteiger partial charge on any atom is -0.479 e. The number of benzene rings is 1. The van der Waals surface area contributed by atoms with Crippen molar-refractivity contribution in [2.24, 2.45) is 0 Å². The molecule has 0 heterocycles. The monoisotopic (exact) mass is 318 g/mol. The maximum atomic E-state index is 11.6. The SMILES string of the molecule is CNC(=O)C(C)Oc1c(Cl)cc(Cl)cc1CNC(C)C. The molecule has 0 aliphatic carbocycles. The molecule has 0 aromatic heterocycles. The van der Waals surface area contributed by atoms with Crippen LogP contribution in [0.5, 0.6) is 5.75 Å². The first-order valence-corrected chi connectivity index (χ1v) is 7.20. The van der Waals surface area contributed by atoms with E-state index in [2.05, 4.69) is 10.6 Å². The van der Waals surface area contributed by atoms with Crippen molar-refractivity contribution in [2.75, 3.05) is 7.05 Å². The maximum absolute atomic E-state index is 11.6. The topological polar surface area (TPSA) is 50.4 Å². The summed E-state index contributed by atoms with van der Waals surface area (Å²) < 4.78 is 5.67. The Kier molecular flexibility index (Phi) is 6.59. The number of amides is 1. The van der Waals surface area contributed by atoms with Crippen LogP contribution in [0.4, 0.5) is 0 Å². The van der Waals surface area contributed by atoms with Gasteiger partial charge in [0.05, 0.1) is 5.02 Å². The van der Waals surface area contributed by atoms with E-state index in [-0.39, 0.29) is 5.91 Å². The molecule has 0 saturated carbocycles. The van der Waals surface area contributed by atoms with E-state index in [1.165, 1.54) is 0 Å². The summed E-state index contributed by atoms with van der Waals surface area (Å²) in [6.07, 6.45) is -0.628. The molecule has 1 aromatic carbocycles. The zero-order valence-corrected chi connectivity index (χ0v) is 13.6. The molecule has 0 aliphatic heterocycles. The molecule has 6 heteroatoms. The first-order chi connectivity index (χ1) is 9.35. The number of nitrogens with one attached hydrogen (secondary N) is 2. The van der Waals surface area contributed by atoms with Crippen LogP contribution in [-0.4, -0.2) is 25.1 Å². The number of hydrogen-bond donors (Lipinski definition) is 2. The number of likely N-dealkylation sites (N-methyl/N-ethyl adjacent to an activating group) is 1. The highest BCUT2D eigenvalue weighted by Gasteiger charge is 2.18. The molecule has 20 heavy (non-hydrogen) atoms. The maximum Gasteiger partial charge on any atom is 0.260 e. The van der Waals surface area contributed by atoms with Crippen LogP contribution in [0, 0.1) is 0 Å². The third-order valence-electron chi connectivity index (χ3n) is 2.70. The predicted octanol–water partition coefficient (Wildman–Crippen LogP) is 3.00. The van der Waals surface area contributed by atoms with E-state index in [4.69, 9.17) is 27.9 Å². The Morgan fingerprint density at radius 2 is 1.95 bits per heavy atom. The van der Waals surface area contributed by atoms with Crippen molar-refractivity contribution in [1.82, 2.24) is 10.6 Å². The van der Waals surface area contributed by atoms with Crippen molar-refractivity contribution in [3.63, 3.8) is 0 Å². The van der Waals surface area contributed by atoms with Gasteiger partial charge < -0.3 is 15.4 Å². The van der Waals surface area contributed by atoms with Gasteiger partial charge in [-0.3, -0.25) is 4.79 Å². The average molecular weight is 319 g/mol. The highest BCUT2D eigenvalue weighted by atomic mass is 35.5. The molecule has 0 bridgehead atoms. The van der Waals surface area contributed by atoms with Gasteiger partial charge in [-0.2, -0.15) is 0 Å². The van der Waals surface area contributed by atoms with Gasteiger partial charge in [-0.15, -0.1) is 0 Å². The van der Waals surface area contributed by atoms with Crippen molar-refractivity contribution in [3.05, 3.63) is 27.7 Å². The average Bonchev–Trinajstić information content (AvgIpc) is 2.38. The van der Waals surface area contributed by atoms with E-state index < -0.39 is 6.10 Å². The van der Waals surface area contributed by atoms with Gasteiger partial charge in [-0.1, -0.05) is 37.0 Å². The van der Waals surface area contributed by atoms with Crippen molar-refractivity contribution in [3.8, 4) is 5.75 Å². The van der Waals surface area contributed by atoms with Crippen LogP contribution in [0.25, 0.3) is 0 Å². The summed E-state index contributed by atoms with van der Waals surface area (Å²) in [5.74, 6) is 0.277. The number of carbonyl (C=O) groups excluding carboxylic acids is 1. The fourth-order valence-electron chi connectivity index (χ4n) is 1.62. The Balaban J connectivity index is 3.00.